The fourth-order valence-corrected chi connectivity index (χ4v) is 5.50. The zero-order chi connectivity index (χ0) is 30.6. The molecule has 43 heavy (non-hydrogen) atoms. The first-order valence-corrected chi connectivity index (χ1v) is 14.7. The number of ether oxygens (including phenoxy) is 3. The third kappa shape index (κ3) is 6.92. The number of anilines is 2. The minimum atomic E-state index is -4.26. The lowest BCUT2D eigenvalue weighted by atomic mass is 10.1. The van der Waals surface area contributed by atoms with Gasteiger partial charge in [0.15, 0.2) is 17.8 Å². The van der Waals surface area contributed by atoms with Crippen LogP contribution in [0.15, 0.2) is 89.8 Å². The predicted octanol–water partition coefficient (Wildman–Crippen LogP) is 6.08. The van der Waals surface area contributed by atoms with Crippen LogP contribution in [0.4, 0.5) is 24.5 Å². The molecule has 1 saturated heterocycles. The minimum Gasteiger partial charge on any atom is -0.493 e. The fraction of sp³-hybridized carbons (Fsp3) is 0.194. The quantitative estimate of drug-likeness (QED) is 0.232. The summed E-state index contributed by atoms with van der Waals surface area (Å²) in [5.41, 5.74) is 0.747. The Balaban J connectivity index is 1.46. The Morgan fingerprint density at radius 3 is 2.23 bits per heavy atom. The Kier molecular flexibility index (Phi) is 8.88. The summed E-state index contributed by atoms with van der Waals surface area (Å²) in [5.74, 6) is -2.21. The van der Waals surface area contributed by atoms with Crippen LogP contribution in [0, 0.1) is 17.5 Å². The molecule has 1 aliphatic rings. The van der Waals surface area contributed by atoms with Gasteiger partial charge < -0.3 is 19.1 Å². The second-order valence-electron chi connectivity index (χ2n) is 9.62. The third-order valence-corrected chi connectivity index (χ3v) is 8.12. The van der Waals surface area contributed by atoms with Gasteiger partial charge in [-0.1, -0.05) is 6.07 Å². The topological polar surface area (TPSA) is 94.2 Å². The summed E-state index contributed by atoms with van der Waals surface area (Å²) in [5, 5.41) is 0. The number of rotatable bonds is 10. The zero-order valence-corrected chi connectivity index (χ0v) is 23.7. The molecule has 1 amide bonds. The lowest BCUT2D eigenvalue weighted by molar-refractivity contribution is -0.0402. The van der Waals surface area contributed by atoms with Crippen LogP contribution in [0.3, 0.4) is 0 Å². The summed E-state index contributed by atoms with van der Waals surface area (Å²) in [6, 6.07) is 18.4. The highest BCUT2D eigenvalue weighted by Gasteiger charge is 2.23. The zero-order valence-electron chi connectivity index (χ0n) is 22.9. The van der Waals surface area contributed by atoms with E-state index in [4.69, 9.17) is 14.2 Å². The summed E-state index contributed by atoms with van der Waals surface area (Å²) in [6.45, 7) is 0.338. The summed E-state index contributed by atoms with van der Waals surface area (Å²) < 4.78 is 86.9. The molecular formula is C31H27F3N2O6S. The number of amides is 1. The molecule has 224 valence electrons. The molecule has 5 rings (SSSR count). The summed E-state index contributed by atoms with van der Waals surface area (Å²) in [4.78, 5) is 14.1. The van der Waals surface area contributed by atoms with E-state index in [1.165, 1.54) is 37.4 Å². The van der Waals surface area contributed by atoms with Gasteiger partial charge >= 0.3 is 0 Å². The molecule has 1 heterocycles. The van der Waals surface area contributed by atoms with Crippen molar-refractivity contribution in [1.82, 2.24) is 4.72 Å². The van der Waals surface area contributed by atoms with Crippen molar-refractivity contribution in [3.63, 3.8) is 0 Å². The maximum absolute atomic E-state index is 14.7. The van der Waals surface area contributed by atoms with Crippen LogP contribution in [0.5, 0.6) is 11.5 Å². The molecule has 0 radical (unpaired) electrons. The Bertz CT molecular complexity index is 1690. The summed E-state index contributed by atoms with van der Waals surface area (Å²) >= 11 is 0. The van der Waals surface area contributed by atoms with Gasteiger partial charge in [-0.25, -0.2) is 26.3 Å². The molecule has 0 bridgehead atoms. The van der Waals surface area contributed by atoms with Gasteiger partial charge in [0.1, 0.15) is 17.5 Å². The number of hydrogen-bond donors (Lipinski definition) is 1. The van der Waals surface area contributed by atoms with Gasteiger partial charge in [-0.05, 0) is 79.2 Å². The number of methoxy groups -OCH3 is 1. The average Bonchev–Trinajstić information content (AvgIpc) is 3.50. The molecule has 8 nitrogen and oxygen atoms in total. The lowest BCUT2D eigenvalue weighted by Crippen LogP contribution is -2.30. The number of hydrogen-bond acceptors (Lipinski definition) is 7. The Morgan fingerprint density at radius 1 is 0.930 bits per heavy atom. The normalized spacial score (nSPS) is 14.7. The van der Waals surface area contributed by atoms with Crippen molar-refractivity contribution in [2.24, 2.45) is 0 Å². The van der Waals surface area contributed by atoms with Crippen LogP contribution < -0.4 is 19.1 Å². The molecule has 1 fully saturated rings. The Labute approximate surface area is 246 Å². The van der Waals surface area contributed by atoms with Crippen molar-refractivity contribution in [3.8, 4) is 11.5 Å². The van der Waals surface area contributed by atoms with E-state index >= 15 is 0 Å². The van der Waals surface area contributed by atoms with Gasteiger partial charge in [0, 0.05) is 35.0 Å². The van der Waals surface area contributed by atoms with E-state index in [9.17, 15) is 26.4 Å². The standard InChI is InChI=1S/C31H27F3N2O6S/c1-40-28-16-13-23(18-29(28)42-30-6-3-17-41-30)36(19-25-26(33)4-2-5-27(25)34)22-11-7-20(8-12-22)31(37)35-43(38,39)24-14-9-21(32)10-15-24/h2,4-5,7-16,18,30H,3,6,17,19H2,1H3,(H,35,37). The van der Waals surface area contributed by atoms with Crippen LogP contribution in [0.1, 0.15) is 28.8 Å². The van der Waals surface area contributed by atoms with E-state index in [0.717, 1.165) is 42.8 Å². The van der Waals surface area contributed by atoms with Gasteiger partial charge in [0.2, 0.25) is 0 Å². The fourth-order valence-electron chi connectivity index (χ4n) is 4.53. The highest BCUT2D eigenvalue weighted by Crippen LogP contribution is 2.37. The maximum Gasteiger partial charge on any atom is 0.264 e. The maximum atomic E-state index is 14.7. The SMILES string of the molecule is COc1ccc(N(Cc2c(F)cccc2F)c2ccc(C(=O)NS(=O)(=O)c3ccc(F)cc3)cc2)cc1OC1CCCO1. The van der Waals surface area contributed by atoms with Gasteiger partial charge in [-0.2, -0.15) is 0 Å². The van der Waals surface area contributed by atoms with Crippen molar-refractivity contribution in [2.45, 2.75) is 30.6 Å². The highest BCUT2D eigenvalue weighted by molar-refractivity contribution is 7.90. The number of carbonyl (C=O) groups is 1. The molecule has 0 aliphatic carbocycles. The van der Waals surface area contributed by atoms with Gasteiger partial charge in [-0.3, -0.25) is 4.79 Å². The van der Waals surface area contributed by atoms with Crippen molar-refractivity contribution >= 4 is 27.3 Å². The summed E-state index contributed by atoms with van der Waals surface area (Å²) in [6.07, 6.45) is 1.07. The molecule has 4 aromatic carbocycles. The lowest BCUT2D eigenvalue weighted by Gasteiger charge is -2.27. The van der Waals surface area contributed by atoms with Crippen molar-refractivity contribution in [3.05, 3.63) is 114 Å². The second kappa shape index (κ2) is 12.8. The van der Waals surface area contributed by atoms with E-state index in [1.807, 2.05) is 4.72 Å². The molecule has 0 spiro atoms. The van der Waals surface area contributed by atoms with Gasteiger partial charge in [0.05, 0.1) is 25.2 Å². The number of halogens is 3. The molecule has 0 aromatic heterocycles. The number of nitrogens with zero attached hydrogens (tertiary/aromatic N) is 1. The Morgan fingerprint density at radius 2 is 1.60 bits per heavy atom. The molecule has 1 unspecified atom stereocenters. The first kappa shape index (κ1) is 29.9. The molecule has 4 aromatic rings. The van der Waals surface area contributed by atoms with Crippen molar-refractivity contribution < 1.29 is 40.6 Å². The molecule has 1 N–H and O–H groups in total. The average molecular weight is 613 g/mol. The first-order valence-electron chi connectivity index (χ1n) is 13.2. The molecule has 0 saturated carbocycles. The van der Waals surface area contributed by atoms with E-state index in [0.29, 0.717) is 35.9 Å². The van der Waals surface area contributed by atoms with E-state index in [1.54, 1.807) is 23.1 Å². The smallest absolute Gasteiger partial charge is 0.264 e. The number of benzene rings is 4. The van der Waals surface area contributed by atoms with Crippen LogP contribution in [-0.4, -0.2) is 34.3 Å². The third-order valence-electron chi connectivity index (χ3n) is 6.78. The Hall–Kier alpha value is -4.55. The molecule has 1 atom stereocenters. The van der Waals surface area contributed by atoms with Crippen LogP contribution >= 0.6 is 0 Å². The minimum absolute atomic E-state index is 0.00333. The van der Waals surface area contributed by atoms with E-state index in [2.05, 4.69) is 0 Å². The van der Waals surface area contributed by atoms with Crippen molar-refractivity contribution in [2.75, 3.05) is 18.6 Å². The number of carbonyl (C=O) groups excluding carboxylic acids is 1. The van der Waals surface area contributed by atoms with Gasteiger partial charge in [0.25, 0.3) is 15.9 Å². The van der Waals surface area contributed by atoms with E-state index in [-0.39, 0.29) is 22.6 Å². The van der Waals surface area contributed by atoms with Crippen molar-refractivity contribution in [1.29, 1.82) is 0 Å². The van der Waals surface area contributed by atoms with Crippen LogP contribution in [0.2, 0.25) is 0 Å². The second-order valence-corrected chi connectivity index (χ2v) is 11.3. The summed E-state index contributed by atoms with van der Waals surface area (Å²) in [7, 11) is -2.77. The monoisotopic (exact) mass is 612 g/mol. The van der Waals surface area contributed by atoms with Crippen LogP contribution in [-0.2, 0) is 21.3 Å². The molecule has 12 heteroatoms. The highest BCUT2D eigenvalue weighted by atomic mass is 32.2. The molecular weight excluding hydrogens is 585 g/mol. The van der Waals surface area contributed by atoms with Crippen LogP contribution in [0.25, 0.3) is 0 Å². The largest absolute Gasteiger partial charge is 0.493 e. The van der Waals surface area contributed by atoms with Gasteiger partial charge in [-0.15, -0.1) is 0 Å². The number of sulfonamides is 1. The molecule has 1 aliphatic heterocycles. The van der Waals surface area contributed by atoms with E-state index < -0.39 is 39.7 Å². The number of nitrogens with one attached hydrogen (secondary N) is 1. The first-order chi connectivity index (χ1) is 20.6. The predicted molar refractivity (Wildman–Crippen MR) is 152 cm³/mol.